The minimum atomic E-state index is -4.62. The molecular weight excluding hydrogens is 347 g/mol. The molecule has 0 unspecified atom stereocenters. The van der Waals surface area contributed by atoms with Crippen molar-refractivity contribution in [3.63, 3.8) is 0 Å². The summed E-state index contributed by atoms with van der Waals surface area (Å²) < 4.78 is 50.3. The van der Waals surface area contributed by atoms with E-state index in [2.05, 4.69) is 0 Å². The van der Waals surface area contributed by atoms with Gasteiger partial charge in [0.1, 0.15) is 22.5 Å². The van der Waals surface area contributed by atoms with Gasteiger partial charge in [-0.15, -0.1) is 0 Å². The van der Waals surface area contributed by atoms with Crippen molar-refractivity contribution in [2.24, 2.45) is 5.73 Å². The molecule has 1 aromatic rings. The molecule has 4 nitrogen and oxygen atoms in total. The molecule has 0 heterocycles. The Morgan fingerprint density at radius 1 is 1.00 bits per heavy atom. The number of carbonyl (C=O) groups is 1. The maximum Gasteiger partial charge on any atom is 0.391 e. The molecule has 2 N–H and O–H groups in total. The molecule has 0 bridgehead atoms. The second-order valence-electron chi connectivity index (χ2n) is 8.45. The van der Waals surface area contributed by atoms with E-state index < -0.39 is 35.3 Å². The zero-order valence-electron chi connectivity index (χ0n) is 16.2. The van der Waals surface area contributed by atoms with E-state index in [1.54, 1.807) is 45.0 Å². The van der Waals surface area contributed by atoms with Crippen LogP contribution in [0.25, 0.3) is 0 Å². The Balaban J connectivity index is 3.24. The molecule has 0 aliphatic carbocycles. The van der Waals surface area contributed by atoms with Crippen LogP contribution in [0.2, 0.25) is 0 Å². The normalized spacial score (nSPS) is 15.3. The summed E-state index contributed by atoms with van der Waals surface area (Å²) in [5, 5.41) is 0. The van der Waals surface area contributed by atoms with E-state index in [-0.39, 0.29) is 6.42 Å². The molecule has 148 valence electrons. The number of carbonyl (C=O) groups excluding carboxylic acids is 1. The fraction of sp³-hybridized carbons (Fsp3) is 0.632. The number of para-hydroxylation sites is 1. The van der Waals surface area contributed by atoms with E-state index in [9.17, 15) is 18.0 Å². The molecule has 0 saturated heterocycles. The van der Waals surface area contributed by atoms with Gasteiger partial charge in [-0.25, -0.2) is 0 Å². The van der Waals surface area contributed by atoms with Crippen LogP contribution in [0, 0.1) is 0 Å². The van der Waals surface area contributed by atoms with E-state index >= 15 is 0 Å². The summed E-state index contributed by atoms with van der Waals surface area (Å²) in [4.78, 5) is 12.5. The van der Waals surface area contributed by atoms with Crippen molar-refractivity contribution in [1.82, 2.24) is 0 Å². The van der Waals surface area contributed by atoms with Gasteiger partial charge in [0.15, 0.2) is 0 Å². The molecule has 1 atom stereocenters. The number of esters is 1. The number of ether oxygens (including phenoxy) is 2. The van der Waals surface area contributed by atoms with Crippen LogP contribution < -0.4 is 10.5 Å². The molecule has 1 rings (SSSR count). The van der Waals surface area contributed by atoms with E-state index in [0.717, 1.165) is 0 Å². The van der Waals surface area contributed by atoms with Crippen molar-refractivity contribution < 1.29 is 27.4 Å². The predicted octanol–water partition coefficient (Wildman–Crippen LogP) is 4.40. The first kappa shape index (κ1) is 22.3. The van der Waals surface area contributed by atoms with Gasteiger partial charge in [0, 0.05) is 6.42 Å². The fourth-order valence-electron chi connectivity index (χ4n) is 2.36. The number of halogens is 3. The molecule has 0 saturated carbocycles. The molecule has 0 spiro atoms. The molecular formula is C19H28F3NO3. The standard InChI is InChI=1S/C19H28F3NO3/c1-16(2,3)25-14-10-8-7-9-13(14)11-18(23,12-19(20,21)22)15(24)26-17(4,5)6/h7-10H,11-12,23H2,1-6H3/t18-/m0/s1. The summed E-state index contributed by atoms with van der Waals surface area (Å²) in [7, 11) is 0. The number of benzene rings is 1. The minimum Gasteiger partial charge on any atom is -0.488 e. The summed E-state index contributed by atoms with van der Waals surface area (Å²) >= 11 is 0. The van der Waals surface area contributed by atoms with Crippen molar-refractivity contribution in [1.29, 1.82) is 0 Å². The average Bonchev–Trinajstić information content (AvgIpc) is 2.35. The smallest absolute Gasteiger partial charge is 0.391 e. The Bertz CT molecular complexity index is 630. The molecule has 7 heteroatoms. The molecule has 0 aromatic heterocycles. The van der Waals surface area contributed by atoms with Gasteiger partial charge in [-0.05, 0) is 53.2 Å². The van der Waals surface area contributed by atoms with Gasteiger partial charge in [0.25, 0.3) is 0 Å². The molecule has 0 fully saturated rings. The second kappa shape index (κ2) is 7.47. The van der Waals surface area contributed by atoms with E-state index in [4.69, 9.17) is 15.2 Å². The second-order valence-corrected chi connectivity index (χ2v) is 8.45. The lowest BCUT2D eigenvalue weighted by Crippen LogP contribution is -2.55. The van der Waals surface area contributed by atoms with Gasteiger partial charge in [0.05, 0.1) is 6.42 Å². The lowest BCUT2D eigenvalue weighted by atomic mass is 9.87. The number of hydrogen-bond donors (Lipinski definition) is 1. The first-order valence-corrected chi connectivity index (χ1v) is 8.37. The number of rotatable bonds is 5. The summed E-state index contributed by atoms with van der Waals surface area (Å²) in [6.07, 6.45) is -6.46. The first-order chi connectivity index (χ1) is 11.5. The summed E-state index contributed by atoms with van der Waals surface area (Å²) in [5.74, 6) is -0.701. The highest BCUT2D eigenvalue weighted by molar-refractivity contribution is 5.81. The summed E-state index contributed by atoms with van der Waals surface area (Å²) in [5.41, 5.74) is 2.62. The third-order valence-corrected chi connectivity index (χ3v) is 3.22. The Labute approximate surface area is 152 Å². The van der Waals surface area contributed by atoms with Crippen LogP contribution in [0.4, 0.5) is 13.2 Å². The quantitative estimate of drug-likeness (QED) is 0.775. The molecule has 1 aromatic carbocycles. The zero-order valence-corrected chi connectivity index (χ0v) is 16.2. The Kier molecular flexibility index (Phi) is 6.40. The van der Waals surface area contributed by atoms with E-state index in [0.29, 0.717) is 11.3 Å². The van der Waals surface area contributed by atoms with Crippen molar-refractivity contribution in [2.45, 2.75) is 77.3 Å². The van der Waals surface area contributed by atoms with Gasteiger partial charge in [-0.3, -0.25) is 4.79 Å². The number of alkyl halides is 3. The van der Waals surface area contributed by atoms with Crippen LogP contribution in [-0.2, 0) is 16.0 Å². The topological polar surface area (TPSA) is 61.5 Å². The predicted molar refractivity (Wildman–Crippen MR) is 94.0 cm³/mol. The van der Waals surface area contributed by atoms with Crippen molar-refractivity contribution in [2.75, 3.05) is 0 Å². The molecule has 0 amide bonds. The van der Waals surface area contributed by atoms with Crippen LogP contribution in [0.3, 0.4) is 0 Å². The maximum absolute atomic E-state index is 13.1. The third-order valence-electron chi connectivity index (χ3n) is 3.22. The number of hydrogen-bond acceptors (Lipinski definition) is 4. The Morgan fingerprint density at radius 2 is 1.54 bits per heavy atom. The van der Waals surface area contributed by atoms with Crippen LogP contribution in [-0.4, -0.2) is 28.9 Å². The summed E-state index contributed by atoms with van der Waals surface area (Å²) in [6, 6.07) is 6.61. The van der Waals surface area contributed by atoms with Crippen molar-refractivity contribution in [3.8, 4) is 5.75 Å². The highest BCUT2D eigenvalue weighted by Gasteiger charge is 2.47. The number of nitrogens with two attached hydrogens (primary N) is 1. The minimum absolute atomic E-state index is 0.353. The van der Waals surface area contributed by atoms with Gasteiger partial charge >= 0.3 is 12.1 Å². The Morgan fingerprint density at radius 3 is 2.00 bits per heavy atom. The first-order valence-electron chi connectivity index (χ1n) is 8.37. The van der Waals surface area contributed by atoms with Crippen LogP contribution >= 0.6 is 0 Å². The van der Waals surface area contributed by atoms with Crippen LogP contribution in [0.5, 0.6) is 5.75 Å². The molecule has 0 aliphatic heterocycles. The van der Waals surface area contributed by atoms with Gasteiger partial charge in [0.2, 0.25) is 0 Å². The largest absolute Gasteiger partial charge is 0.488 e. The van der Waals surface area contributed by atoms with Gasteiger partial charge in [-0.2, -0.15) is 13.2 Å². The van der Waals surface area contributed by atoms with Crippen LogP contribution in [0.15, 0.2) is 24.3 Å². The average molecular weight is 375 g/mol. The van der Waals surface area contributed by atoms with Crippen LogP contribution in [0.1, 0.15) is 53.5 Å². The van der Waals surface area contributed by atoms with Gasteiger partial charge < -0.3 is 15.2 Å². The lowest BCUT2D eigenvalue weighted by Gasteiger charge is -2.33. The maximum atomic E-state index is 13.1. The monoisotopic (exact) mass is 375 g/mol. The van der Waals surface area contributed by atoms with E-state index in [1.807, 2.05) is 20.8 Å². The van der Waals surface area contributed by atoms with Gasteiger partial charge in [-0.1, -0.05) is 18.2 Å². The molecule has 0 aliphatic rings. The highest BCUT2D eigenvalue weighted by Crippen LogP contribution is 2.33. The Hall–Kier alpha value is -1.76. The zero-order chi connectivity index (χ0) is 20.4. The molecule has 26 heavy (non-hydrogen) atoms. The molecule has 0 radical (unpaired) electrons. The third kappa shape index (κ3) is 7.64. The van der Waals surface area contributed by atoms with E-state index in [1.165, 1.54) is 0 Å². The SMILES string of the molecule is CC(C)(C)OC(=O)[C@](N)(Cc1ccccc1OC(C)(C)C)CC(F)(F)F. The fourth-order valence-corrected chi connectivity index (χ4v) is 2.36. The summed E-state index contributed by atoms with van der Waals surface area (Å²) in [6.45, 7) is 10.2. The van der Waals surface area contributed by atoms with Crippen molar-refractivity contribution >= 4 is 5.97 Å². The van der Waals surface area contributed by atoms with Crippen molar-refractivity contribution in [3.05, 3.63) is 29.8 Å². The lowest BCUT2D eigenvalue weighted by molar-refractivity contribution is -0.179. The highest BCUT2D eigenvalue weighted by atomic mass is 19.4.